The van der Waals surface area contributed by atoms with Crippen LogP contribution in [0.15, 0.2) is 24.3 Å². The van der Waals surface area contributed by atoms with Crippen molar-refractivity contribution in [2.45, 2.75) is 46.6 Å². The molecule has 1 aromatic carbocycles. The molecule has 1 aromatic rings. The molecular formula is C19H25NO4. The molecule has 0 saturated heterocycles. The van der Waals surface area contributed by atoms with Gasteiger partial charge >= 0.3 is 18.0 Å². The lowest BCUT2D eigenvalue weighted by atomic mass is 9.91. The molecule has 0 heterocycles. The zero-order valence-electron chi connectivity index (χ0n) is 14.8. The van der Waals surface area contributed by atoms with Crippen molar-refractivity contribution in [1.82, 2.24) is 0 Å². The second-order valence-electron chi connectivity index (χ2n) is 6.38. The first-order valence-electron chi connectivity index (χ1n) is 8.06. The zero-order chi connectivity index (χ0) is 18.2. The van der Waals surface area contributed by atoms with E-state index in [9.17, 15) is 9.59 Å². The summed E-state index contributed by atoms with van der Waals surface area (Å²) in [5.74, 6) is -0.904. The molecule has 0 radical (unpaired) electrons. The number of benzene rings is 1. The number of nitrogens with zero attached hydrogens (tertiary/aromatic N) is 1. The van der Waals surface area contributed by atoms with Gasteiger partial charge in [-0.3, -0.25) is 4.79 Å². The van der Waals surface area contributed by atoms with E-state index in [0.717, 1.165) is 11.1 Å². The number of aryl methyl sites for hydroxylation is 1. The Morgan fingerprint density at radius 1 is 1.17 bits per heavy atom. The molecule has 1 rings (SSSR count). The third-order valence-electron chi connectivity index (χ3n) is 3.97. The summed E-state index contributed by atoms with van der Waals surface area (Å²) in [4.78, 5) is 27.1. The predicted octanol–water partition coefficient (Wildman–Crippen LogP) is 3.35. The number of hydrogen-bond acceptors (Lipinski definition) is 4. The van der Waals surface area contributed by atoms with Crippen molar-refractivity contribution < 1.29 is 19.1 Å². The molecule has 5 nitrogen and oxygen atoms in total. The van der Waals surface area contributed by atoms with Crippen LogP contribution in [0.25, 0.3) is 4.85 Å². The number of ether oxygens (including phenoxy) is 2. The maximum atomic E-state index is 12.0. The van der Waals surface area contributed by atoms with Gasteiger partial charge in [-0.1, -0.05) is 36.8 Å². The van der Waals surface area contributed by atoms with Crippen LogP contribution in [0.2, 0.25) is 0 Å². The smallest absolute Gasteiger partial charge is 0.390 e. The number of hydrogen-bond donors (Lipinski definition) is 0. The van der Waals surface area contributed by atoms with Gasteiger partial charge in [0.15, 0.2) is 0 Å². The highest BCUT2D eigenvalue weighted by Crippen LogP contribution is 2.21. The van der Waals surface area contributed by atoms with E-state index in [0.29, 0.717) is 12.8 Å². The van der Waals surface area contributed by atoms with Gasteiger partial charge in [-0.2, -0.15) is 0 Å². The minimum atomic E-state index is -0.879. The molecule has 0 amide bonds. The highest BCUT2D eigenvalue weighted by Gasteiger charge is 2.28. The lowest BCUT2D eigenvalue weighted by Crippen LogP contribution is -2.28. The standard InChI is InChI=1S/C19H25NO4/c1-6-19(3,4)18(22)24-12-11-23-17(21)16(20-5)13-15-9-7-14(2)8-10-15/h7-10,16H,6,11-13H2,1-4H3. The second-order valence-corrected chi connectivity index (χ2v) is 6.38. The number of carbonyl (C=O) groups excluding carboxylic acids is 2. The first-order valence-corrected chi connectivity index (χ1v) is 8.06. The lowest BCUT2D eigenvalue weighted by molar-refractivity contribution is -0.159. The minimum Gasteiger partial charge on any atom is -0.462 e. The summed E-state index contributed by atoms with van der Waals surface area (Å²) < 4.78 is 10.2. The molecule has 0 N–H and O–H groups in total. The molecular weight excluding hydrogens is 306 g/mol. The van der Waals surface area contributed by atoms with Crippen molar-refractivity contribution in [3.05, 3.63) is 46.8 Å². The summed E-state index contributed by atoms with van der Waals surface area (Å²) in [6.45, 7) is 14.6. The fraction of sp³-hybridized carbons (Fsp3) is 0.526. The van der Waals surface area contributed by atoms with E-state index >= 15 is 0 Å². The van der Waals surface area contributed by atoms with E-state index in [4.69, 9.17) is 16.0 Å². The molecule has 0 aliphatic rings. The summed E-state index contributed by atoms with van der Waals surface area (Å²) in [5, 5.41) is 0. The Labute approximate surface area is 143 Å². The molecule has 0 aliphatic carbocycles. The second kappa shape index (κ2) is 9.07. The molecule has 5 heteroatoms. The quantitative estimate of drug-likeness (QED) is 0.416. The molecule has 0 aromatic heterocycles. The maximum absolute atomic E-state index is 12.0. The van der Waals surface area contributed by atoms with Gasteiger partial charge in [0.05, 0.1) is 11.8 Å². The fourth-order valence-corrected chi connectivity index (χ4v) is 1.84. The maximum Gasteiger partial charge on any atom is 0.390 e. The molecule has 0 spiro atoms. The van der Waals surface area contributed by atoms with E-state index in [1.54, 1.807) is 13.8 Å². The van der Waals surface area contributed by atoms with Gasteiger partial charge in [-0.25, -0.2) is 11.4 Å². The van der Waals surface area contributed by atoms with Crippen molar-refractivity contribution in [2.75, 3.05) is 13.2 Å². The molecule has 1 unspecified atom stereocenters. The van der Waals surface area contributed by atoms with E-state index < -0.39 is 17.4 Å². The first kappa shape index (κ1) is 19.7. The predicted molar refractivity (Wildman–Crippen MR) is 91.3 cm³/mol. The largest absolute Gasteiger partial charge is 0.462 e. The van der Waals surface area contributed by atoms with Crippen LogP contribution in [-0.4, -0.2) is 31.2 Å². The van der Waals surface area contributed by atoms with Crippen LogP contribution >= 0.6 is 0 Å². The molecule has 1 atom stereocenters. The number of esters is 2. The Kier molecular flexibility index (Phi) is 7.44. The Morgan fingerprint density at radius 2 is 1.75 bits per heavy atom. The van der Waals surface area contributed by atoms with Crippen molar-refractivity contribution >= 4 is 11.9 Å². The molecule has 130 valence electrons. The monoisotopic (exact) mass is 331 g/mol. The van der Waals surface area contributed by atoms with E-state index in [2.05, 4.69) is 4.85 Å². The summed E-state index contributed by atoms with van der Waals surface area (Å²) in [6, 6.07) is 6.80. The number of rotatable bonds is 8. The van der Waals surface area contributed by atoms with E-state index in [-0.39, 0.29) is 19.2 Å². The lowest BCUT2D eigenvalue weighted by Gasteiger charge is -2.20. The van der Waals surface area contributed by atoms with Crippen molar-refractivity contribution in [3.63, 3.8) is 0 Å². The van der Waals surface area contributed by atoms with Gasteiger partial charge in [0.2, 0.25) is 0 Å². The van der Waals surface area contributed by atoms with E-state index in [1.807, 2.05) is 38.1 Å². The highest BCUT2D eigenvalue weighted by molar-refractivity contribution is 5.78. The van der Waals surface area contributed by atoms with Gasteiger partial charge in [-0.05, 0) is 32.8 Å². The van der Waals surface area contributed by atoms with Crippen LogP contribution < -0.4 is 0 Å². The molecule has 24 heavy (non-hydrogen) atoms. The molecule has 0 aliphatic heterocycles. The van der Waals surface area contributed by atoms with Gasteiger partial charge in [0.1, 0.15) is 13.2 Å². The third kappa shape index (κ3) is 6.04. The Hall–Kier alpha value is -2.35. The van der Waals surface area contributed by atoms with Gasteiger partial charge in [0.25, 0.3) is 0 Å². The minimum absolute atomic E-state index is 0.00323. The average molecular weight is 331 g/mol. The van der Waals surface area contributed by atoms with Crippen LogP contribution in [0, 0.1) is 18.9 Å². The van der Waals surface area contributed by atoms with Crippen molar-refractivity contribution in [1.29, 1.82) is 0 Å². The van der Waals surface area contributed by atoms with Crippen LogP contribution in [0.3, 0.4) is 0 Å². The zero-order valence-corrected chi connectivity index (χ0v) is 14.8. The van der Waals surface area contributed by atoms with Crippen LogP contribution in [-0.2, 0) is 25.5 Å². The SMILES string of the molecule is [C-]#[N+]C(Cc1ccc(C)cc1)C(=O)OCCOC(=O)C(C)(C)CC. The number of carbonyl (C=O) groups is 2. The Morgan fingerprint density at radius 3 is 2.29 bits per heavy atom. The van der Waals surface area contributed by atoms with Gasteiger partial charge < -0.3 is 14.3 Å². The van der Waals surface area contributed by atoms with Gasteiger partial charge in [-0.15, -0.1) is 0 Å². The van der Waals surface area contributed by atoms with Gasteiger partial charge in [0, 0.05) is 0 Å². The average Bonchev–Trinajstić information content (AvgIpc) is 2.57. The molecule has 0 saturated carbocycles. The molecule has 0 bridgehead atoms. The van der Waals surface area contributed by atoms with Crippen LogP contribution in [0.5, 0.6) is 0 Å². The molecule has 0 fully saturated rings. The normalized spacial score (nSPS) is 12.1. The van der Waals surface area contributed by atoms with Crippen molar-refractivity contribution in [3.8, 4) is 0 Å². The Balaban J connectivity index is 2.41. The summed E-state index contributed by atoms with van der Waals surface area (Å²) >= 11 is 0. The van der Waals surface area contributed by atoms with Crippen LogP contribution in [0.4, 0.5) is 0 Å². The first-order chi connectivity index (χ1) is 11.3. The highest BCUT2D eigenvalue weighted by atomic mass is 16.6. The fourth-order valence-electron chi connectivity index (χ4n) is 1.84. The Bertz CT molecular complexity index is 599. The third-order valence-corrected chi connectivity index (χ3v) is 3.97. The van der Waals surface area contributed by atoms with E-state index in [1.165, 1.54) is 0 Å². The summed E-state index contributed by atoms with van der Waals surface area (Å²) in [5.41, 5.74) is 1.49. The summed E-state index contributed by atoms with van der Waals surface area (Å²) in [6.07, 6.45) is 0.979. The summed E-state index contributed by atoms with van der Waals surface area (Å²) in [7, 11) is 0. The van der Waals surface area contributed by atoms with Crippen molar-refractivity contribution in [2.24, 2.45) is 5.41 Å². The van der Waals surface area contributed by atoms with Crippen LogP contribution in [0.1, 0.15) is 38.3 Å². The topological polar surface area (TPSA) is 57.0 Å².